The zero-order valence-corrected chi connectivity index (χ0v) is 23.6. The summed E-state index contributed by atoms with van der Waals surface area (Å²) in [6, 6.07) is 0.161. The number of ether oxygens (including phenoxy) is 1. The number of anilines is 1. The molecule has 0 radical (unpaired) electrons. The number of nitrogens with one attached hydrogen (secondary N) is 1. The summed E-state index contributed by atoms with van der Waals surface area (Å²) in [4.78, 5) is 28.1. The molecule has 5 rings (SSSR count). The Labute approximate surface area is 224 Å². The van der Waals surface area contributed by atoms with E-state index in [1.54, 1.807) is 0 Å². The summed E-state index contributed by atoms with van der Waals surface area (Å²) in [6.07, 6.45) is 7.38. The molecule has 1 N–H and O–H groups in total. The smallest absolute Gasteiger partial charge is 0.341 e. The number of aromatic nitrogens is 3. The van der Waals surface area contributed by atoms with E-state index in [0.717, 1.165) is 61.0 Å². The van der Waals surface area contributed by atoms with E-state index < -0.39 is 0 Å². The molecule has 0 fully saturated rings. The van der Waals surface area contributed by atoms with Crippen LogP contribution in [0.15, 0.2) is 10.5 Å². The summed E-state index contributed by atoms with van der Waals surface area (Å²) >= 11 is 4.72. The summed E-state index contributed by atoms with van der Waals surface area (Å²) in [5.74, 6) is 1.26. The van der Waals surface area contributed by atoms with E-state index in [-0.39, 0.29) is 23.7 Å². The third kappa shape index (κ3) is 4.87. The first kappa shape index (κ1) is 25.5. The van der Waals surface area contributed by atoms with Gasteiger partial charge in [0, 0.05) is 26.7 Å². The van der Waals surface area contributed by atoms with Crippen LogP contribution in [0.25, 0.3) is 11.4 Å². The lowest BCUT2D eigenvalue weighted by atomic mass is 9.88. The number of thioether (sulfide) groups is 1. The normalized spacial score (nSPS) is 17.1. The standard InChI is InChI=1S/C26H32N4O3S3/c1-14(2)30-23(18-12-34-20-11-15(3)9-10-16(18)20)28-29-26(30)35-13-21(31)27-24-22(25(32)33-4)17-7-5-6-8-19(17)36-24/h12,14-15H,5-11,13H2,1-4H3,(H,27,31). The molecule has 192 valence electrons. The summed E-state index contributed by atoms with van der Waals surface area (Å²) in [5.41, 5.74) is 4.17. The van der Waals surface area contributed by atoms with Crippen molar-refractivity contribution >= 4 is 51.3 Å². The molecule has 7 nitrogen and oxygen atoms in total. The Balaban J connectivity index is 1.33. The largest absolute Gasteiger partial charge is 0.465 e. The number of nitrogens with zero attached hydrogens (tertiary/aromatic N) is 3. The van der Waals surface area contributed by atoms with Crippen LogP contribution in [0.1, 0.15) is 77.3 Å². The molecule has 0 aliphatic heterocycles. The zero-order chi connectivity index (χ0) is 25.4. The number of carbonyl (C=O) groups is 2. The van der Waals surface area contributed by atoms with Crippen molar-refractivity contribution in [3.63, 3.8) is 0 Å². The fraction of sp³-hybridized carbons (Fsp3) is 0.538. The summed E-state index contributed by atoms with van der Waals surface area (Å²) in [6.45, 7) is 6.56. The van der Waals surface area contributed by atoms with Gasteiger partial charge in [0.05, 0.1) is 18.4 Å². The Morgan fingerprint density at radius 3 is 2.78 bits per heavy atom. The quantitative estimate of drug-likeness (QED) is 0.283. The van der Waals surface area contributed by atoms with Crippen molar-refractivity contribution in [2.24, 2.45) is 5.92 Å². The van der Waals surface area contributed by atoms with Crippen LogP contribution in [0.3, 0.4) is 0 Å². The van der Waals surface area contributed by atoms with Crippen LogP contribution in [-0.4, -0.2) is 39.5 Å². The molecule has 3 heterocycles. The van der Waals surface area contributed by atoms with Crippen molar-refractivity contribution in [2.75, 3.05) is 18.2 Å². The maximum absolute atomic E-state index is 13.0. The minimum Gasteiger partial charge on any atom is -0.465 e. The van der Waals surface area contributed by atoms with Crippen LogP contribution in [0.2, 0.25) is 0 Å². The highest BCUT2D eigenvalue weighted by molar-refractivity contribution is 7.99. The molecule has 1 unspecified atom stereocenters. The van der Waals surface area contributed by atoms with Crippen LogP contribution >= 0.6 is 34.4 Å². The Morgan fingerprint density at radius 2 is 2.00 bits per heavy atom. The van der Waals surface area contributed by atoms with Gasteiger partial charge >= 0.3 is 5.97 Å². The van der Waals surface area contributed by atoms with Gasteiger partial charge in [-0.1, -0.05) is 18.7 Å². The lowest BCUT2D eigenvalue weighted by Gasteiger charge is -2.19. The van der Waals surface area contributed by atoms with Crippen molar-refractivity contribution < 1.29 is 14.3 Å². The maximum atomic E-state index is 13.0. The Morgan fingerprint density at radius 1 is 1.19 bits per heavy atom. The van der Waals surface area contributed by atoms with Crippen molar-refractivity contribution in [1.29, 1.82) is 0 Å². The van der Waals surface area contributed by atoms with Crippen molar-refractivity contribution in [3.8, 4) is 11.4 Å². The summed E-state index contributed by atoms with van der Waals surface area (Å²) < 4.78 is 7.17. The van der Waals surface area contributed by atoms with Crippen LogP contribution in [-0.2, 0) is 35.2 Å². The van der Waals surface area contributed by atoms with E-state index in [4.69, 9.17) is 4.74 Å². The van der Waals surface area contributed by atoms with E-state index in [1.807, 2.05) is 11.3 Å². The van der Waals surface area contributed by atoms with Gasteiger partial charge in [0.25, 0.3) is 0 Å². The lowest BCUT2D eigenvalue weighted by molar-refractivity contribution is -0.113. The molecule has 36 heavy (non-hydrogen) atoms. The maximum Gasteiger partial charge on any atom is 0.341 e. The van der Waals surface area contributed by atoms with Gasteiger partial charge in [0.1, 0.15) is 5.00 Å². The van der Waals surface area contributed by atoms with Gasteiger partial charge in [-0.05, 0) is 75.8 Å². The Kier molecular flexibility index (Phi) is 7.55. The highest BCUT2D eigenvalue weighted by Gasteiger charge is 2.28. The third-order valence-electron chi connectivity index (χ3n) is 6.97. The third-order valence-corrected chi connectivity index (χ3v) is 10.2. The monoisotopic (exact) mass is 544 g/mol. The minimum atomic E-state index is -0.380. The second-order valence-electron chi connectivity index (χ2n) is 9.91. The second kappa shape index (κ2) is 10.7. The van der Waals surface area contributed by atoms with E-state index in [2.05, 4.69) is 46.2 Å². The highest BCUT2D eigenvalue weighted by Crippen LogP contribution is 2.40. The van der Waals surface area contributed by atoms with Crippen LogP contribution < -0.4 is 5.32 Å². The summed E-state index contributed by atoms with van der Waals surface area (Å²) in [7, 11) is 1.39. The van der Waals surface area contributed by atoms with Crippen LogP contribution in [0.5, 0.6) is 0 Å². The molecule has 0 aromatic carbocycles. The zero-order valence-electron chi connectivity index (χ0n) is 21.2. The second-order valence-corrected chi connectivity index (χ2v) is 12.9. The predicted molar refractivity (Wildman–Crippen MR) is 147 cm³/mol. The number of carbonyl (C=O) groups excluding carboxylic acids is 2. The number of thiophene rings is 2. The molecule has 0 spiro atoms. The van der Waals surface area contributed by atoms with Gasteiger partial charge in [-0.3, -0.25) is 9.36 Å². The number of methoxy groups -OCH3 is 1. The molecule has 0 saturated heterocycles. The van der Waals surface area contributed by atoms with Crippen LogP contribution in [0.4, 0.5) is 5.00 Å². The fourth-order valence-electron chi connectivity index (χ4n) is 5.15. The van der Waals surface area contributed by atoms with Gasteiger partial charge < -0.3 is 10.1 Å². The topological polar surface area (TPSA) is 86.1 Å². The molecular weight excluding hydrogens is 513 g/mol. The van der Waals surface area contributed by atoms with Gasteiger partial charge in [-0.25, -0.2) is 4.79 Å². The number of amides is 1. The van der Waals surface area contributed by atoms with Crippen LogP contribution in [0, 0.1) is 5.92 Å². The van der Waals surface area contributed by atoms with Gasteiger partial charge in [0.15, 0.2) is 11.0 Å². The molecule has 0 bridgehead atoms. The first-order valence-electron chi connectivity index (χ1n) is 12.6. The predicted octanol–water partition coefficient (Wildman–Crippen LogP) is 6.17. The van der Waals surface area contributed by atoms with Crippen molar-refractivity contribution in [1.82, 2.24) is 14.8 Å². The first-order valence-corrected chi connectivity index (χ1v) is 15.3. The first-order chi connectivity index (χ1) is 17.4. The number of fused-ring (bicyclic) bond motifs is 2. The molecule has 3 aromatic rings. The number of esters is 1. The SMILES string of the molecule is COC(=O)c1c(NC(=O)CSc2nnc(-c3csc4c3CCC(C)C4)n2C(C)C)sc2c1CCCC2. The van der Waals surface area contributed by atoms with E-state index in [0.29, 0.717) is 10.6 Å². The molecule has 10 heteroatoms. The number of hydrogen-bond acceptors (Lipinski definition) is 8. The molecule has 1 atom stereocenters. The number of aryl methyl sites for hydroxylation is 1. The molecule has 2 aliphatic rings. The average molecular weight is 545 g/mol. The molecule has 3 aromatic heterocycles. The Hall–Kier alpha value is -2.17. The molecule has 2 aliphatic carbocycles. The van der Waals surface area contributed by atoms with Crippen molar-refractivity contribution in [3.05, 3.63) is 31.8 Å². The fourth-order valence-corrected chi connectivity index (χ4v) is 8.56. The summed E-state index contributed by atoms with van der Waals surface area (Å²) in [5, 5.41) is 15.6. The Bertz CT molecular complexity index is 1290. The van der Waals surface area contributed by atoms with Gasteiger partial charge in [-0.15, -0.1) is 32.9 Å². The number of rotatable bonds is 7. The molecule has 0 saturated carbocycles. The van der Waals surface area contributed by atoms with Crippen molar-refractivity contribution in [2.45, 2.75) is 76.9 Å². The van der Waals surface area contributed by atoms with Gasteiger partial charge in [-0.2, -0.15) is 0 Å². The minimum absolute atomic E-state index is 0.161. The van der Waals surface area contributed by atoms with E-state index in [1.165, 1.54) is 57.5 Å². The highest BCUT2D eigenvalue weighted by atomic mass is 32.2. The van der Waals surface area contributed by atoms with Gasteiger partial charge in [0.2, 0.25) is 5.91 Å². The molecular formula is C26H32N4O3S3. The lowest BCUT2D eigenvalue weighted by Crippen LogP contribution is -2.17. The number of hydrogen-bond donors (Lipinski definition) is 1. The average Bonchev–Trinajstić information content (AvgIpc) is 3.56. The van der Waals surface area contributed by atoms with E-state index in [9.17, 15) is 9.59 Å². The van der Waals surface area contributed by atoms with E-state index >= 15 is 0 Å². The molecule has 1 amide bonds.